The van der Waals surface area contributed by atoms with Gasteiger partial charge in [0.1, 0.15) is 13.2 Å². The SMILES string of the molecule is CCCCCCCCCCCCCCSOCC(=O)OCC(COC(=O)COSCCCCCCCCCCCCCC)OC(=O)COSCCCCCCCCCCCCCC. The van der Waals surface area contributed by atoms with Crippen molar-refractivity contribution in [3.05, 3.63) is 0 Å². The van der Waals surface area contributed by atoms with Gasteiger partial charge < -0.3 is 26.8 Å². The van der Waals surface area contributed by atoms with E-state index >= 15 is 0 Å². The topological polar surface area (TPSA) is 107 Å². The molecule has 0 aliphatic carbocycles. The molecule has 0 aliphatic heterocycles. The lowest BCUT2D eigenvalue weighted by atomic mass is 10.1. The molecule has 0 radical (unpaired) electrons. The van der Waals surface area contributed by atoms with Gasteiger partial charge in [-0.1, -0.05) is 233 Å². The van der Waals surface area contributed by atoms with Crippen molar-refractivity contribution in [1.29, 1.82) is 0 Å². The van der Waals surface area contributed by atoms with E-state index in [9.17, 15) is 14.4 Å². The highest BCUT2D eigenvalue weighted by Crippen LogP contribution is 2.17. The average molecular weight is 952 g/mol. The van der Waals surface area contributed by atoms with Crippen LogP contribution in [0.25, 0.3) is 0 Å². The standard InChI is InChI=1S/C51H98O9S3/c1-4-7-10-13-16-19-22-25-28-31-34-37-40-61-57-45-49(52)55-43-48(60-51(54)47-59-63-42-39-36-33-30-27-24-21-18-15-12-9-6-3)44-56-50(53)46-58-62-41-38-35-32-29-26-23-20-17-14-11-8-5-2/h48H,4-47H2,1-3H3. The third-order valence-corrected chi connectivity index (χ3v) is 13.4. The van der Waals surface area contributed by atoms with Gasteiger partial charge >= 0.3 is 17.9 Å². The summed E-state index contributed by atoms with van der Waals surface area (Å²) in [6.07, 6.45) is 45.6. The third-order valence-electron chi connectivity index (χ3n) is 11.2. The van der Waals surface area contributed by atoms with Crippen molar-refractivity contribution >= 4 is 54.0 Å². The minimum Gasteiger partial charge on any atom is -0.460 e. The van der Waals surface area contributed by atoms with Crippen LogP contribution in [-0.2, 0) is 41.1 Å². The van der Waals surface area contributed by atoms with Crippen LogP contribution in [0.2, 0.25) is 0 Å². The maximum atomic E-state index is 12.6. The van der Waals surface area contributed by atoms with Crippen LogP contribution in [0.15, 0.2) is 0 Å². The van der Waals surface area contributed by atoms with Gasteiger partial charge in [0.05, 0.1) is 0 Å². The number of ether oxygens (including phenoxy) is 3. The molecule has 0 saturated carbocycles. The second-order valence-corrected chi connectivity index (χ2v) is 20.0. The Bertz CT molecular complexity index is 911. The zero-order valence-corrected chi connectivity index (χ0v) is 43.5. The zero-order chi connectivity index (χ0) is 45.8. The van der Waals surface area contributed by atoms with E-state index in [0.29, 0.717) is 0 Å². The van der Waals surface area contributed by atoms with Crippen molar-refractivity contribution in [3.63, 3.8) is 0 Å². The number of esters is 3. The molecule has 374 valence electrons. The Labute approximate surface area is 401 Å². The van der Waals surface area contributed by atoms with Gasteiger partial charge in [-0.2, -0.15) is 0 Å². The summed E-state index contributed by atoms with van der Waals surface area (Å²) in [5.74, 6) is 0.679. The second kappa shape index (κ2) is 54.0. The Morgan fingerprint density at radius 2 is 0.540 bits per heavy atom. The molecule has 0 unspecified atom stereocenters. The van der Waals surface area contributed by atoms with Crippen LogP contribution in [0.1, 0.15) is 252 Å². The second-order valence-electron chi connectivity index (χ2n) is 17.4. The molecule has 12 heteroatoms. The van der Waals surface area contributed by atoms with Crippen LogP contribution in [0, 0.1) is 0 Å². The molecule has 0 spiro atoms. The first-order chi connectivity index (χ1) is 31.0. The van der Waals surface area contributed by atoms with E-state index in [1.807, 2.05) is 0 Å². The number of unbranched alkanes of at least 4 members (excludes halogenated alkanes) is 33. The highest BCUT2D eigenvalue weighted by Gasteiger charge is 2.20. The van der Waals surface area contributed by atoms with Gasteiger partial charge in [0, 0.05) is 17.3 Å². The molecule has 0 rings (SSSR count). The normalized spacial score (nSPS) is 11.4. The Kier molecular flexibility index (Phi) is 53.4. The molecular weight excluding hydrogens is 853 g/mol. The summed E-state index contributed by atoms with van der Waals surface area (Å²) in [5.41, 5.74) is 0. The third kappa shape index (κ3) is 52.2. The van der Waals surface area contributed by atoms with Crippen molar-refractivity contribution in [2.45, 2.75) is 258 Å². The number of carbonyl (C=O) groups is 3. The predicted octanol–water partition coefficient (Wildman–Crippen LogP) is 16.1. The lowest BCUT2D eigenvalue weighted by molar-refractivity contribution is -0.168. The molecule has 0 heterocycles. The maximum absolute atomic E-state index is 12.6. The van der Waals surface area contributed by atoms with E-state index in [1.165, 1.54) is 229 Å². The summed E-state index contributed by atoms with van der Waals surface area (Å²) in [6.45, 7) is 5.58. The lowest BCUT2D eigenvalue weighted by Gasteiger charge is -2.18. The van der Waals surface area contributed by atoms with Gasteiger partial charge in [-0.05, 0) is 55.4 Å². The number of carbonyl (C=O) groups excluding carboxylic acids is 3. The van der Waals surface area contributed by atoms with E-state index in [1.54, 1.807) is 0 Å². The van der Waals surface area contributed by atoms with Gasteiger partial charge in [-0.3, -0.25) is 0 Å². The first kappa shape index (κ1) is 62.3. The smallest absolute Gasteiger partial charge is 0.333 e. The Morgan fingerprint density at radius 3 is 0.794 bits per heavy atom. The zero-order valence-electron chi connectivity index (χ0n) is 41.1. The fourth-order valence-electron chi connectivity index (χ4n) is 7.24. The summed E-state index contributed by atoms with van der Waals surface area (Å²) in [4.78, 5) is 37.5. The van der Waals surface area contributed by atoms with Gasteiger partial charge in [-0.25, -0.2) is 14.4 Å². The van der Waals surface area contributed by atoms with Gasteiger partial charge in [0.15, 0.2) is 25.9 Å². The van der Waals surface area contributed by atoms with Crippen LogP contribution in [0.4, 0.5) is 0 Å². The van der Waals surface area contributed by atoms with Crippen LogP contribution in [0.3, 0.4) is 0 Å². The summed E-state index contributed by atoms with van der Waals surface area (Å²) in [5, 5.41) is 0. The van der Waals surface area contributed by atoms with Crippen molar-refractivity contribution in [2.75, 3.05) is 50.3 Å². The highest BCUT2D eigenvalue weighted by molar-refractivity contribution is 7.95. The van der Waals surface area contributed by atoms with Gasteiger partial charge in [0.2, 0.25) is 0 Å². The Balaban J connectivity index is 4.30. The van der Waals surface area contributed by atoms with Crippen LogP contribution >= 0.6 is 36.1 Å². The van der Waals surface area contributed by atoms with E-state index in [-0.39, 0.29) is 33.0 Å². The summed E-state index contributed by atoms with van der Waals surface area (Å²) < 4.78 is 32.7. The number of rotatable bonds is 53. The molecular formula is C51H98O9S3. The molecule has 63 heavy (non-hydrogen) atoms. The van der Waals surface area contributed by atoms with E-state index < -0.39 is 24.0 Å². The molecule has 0 saturated heterocycles. The summed E-state index contributed by atoms with van der Waals surface area (Å²) in [7, 11) is 0. The fourth-order valence-corrected chi connectivity index (χ4v) is 9.10. The van der Waals surface area contributed by atoms with Crippen molar-refractivity contribution < 1.29 is 41.1 Å². The molecule has 0 atom stereocenters. The molecule has 0 fully saturated rings. The maximum Gasteiger partial charge on any atom is 0.333 e. The molecule has 0 N–H and O–H groups in total. The Hall–Kier alpha value is -0.660. The minimum atomic E-state index is -0.974. The fraction of sp³-hybridized carbons (Fsp3) is 0.941. The van der Waals surface area contributed by atoms with Crippen LogP contribution in [-0.4, -0.2) is 74.3 Å². The molecule has 9 nitrogen and oxygen atoms in total. The first-order valence-corrected chi connectivity index (χ1v) is 29.0. The predicted molar refractivity (Wildman–Crippen MR) is 270 cm³/mol. The number of hydrogen-bond acceptors (Lipinski definition) is 12. The van der Waals surface area contributed by atoms with Crippen molar-refractivity contribution in [3.8, 4) is 0 Å². The largest absolute Gasteiger partial charge is 0.460 e. The molecule has 0 aliphatic rings. The van der Waals surface area contributed by atoms with Crippen molar-refractivity contribution in [2.24, 2.45) is 0 Å². The first-order valence-electron chi connectivity index (χ1n) is 26.3. The van der Waals surface area contributed by atoms with Gasteiger partial charge in [0.25, 0.3) is 0 Å². The van der Waals surface area contributed by atoms with Gasteiger partial charge in [-0.15, -0.1) is 0 Å². The molecule has 0 bridgehead atoms. The number of hydrogen-bond donors (Lipinski definition) is 0. The van der Waals surface area contributed by atoms with E-state index in [0.717, 1.165) is 55.8 Å². The van der Waals surface area contributed by atoms with Crippen LogP contribution in [0.5, 0.6) is 0 Å². The molecule has 0 amide bonds. The lowest BCUT2D eigenvalue weighted by Crippen LogP contribution is -2.33. The Morgan fingerprint density at radius 1 is 0.317 bits per heavy atom. The average Bonchev–Trinajstić information content (AvgIpc) is 3.28. The monoisotopic (exact) mass is 951 g/mol. The minimum absolute atomic E-state index is 0.216. The van der Waals surface area contributed by atoms with Crippen LogP contribution < -0.4 is 0 Å². The highest BCUT2D eigenvalue weighted by atomic mass is 32.2. The molecule has 0 aromatic heterocycles. The van der Waals surface area contributed by atoms with Crippen molar-refractivity contribution in [1.82, 2.24) is 0 Å². The summed E-state index contributed by atoms with van der Waals surface area (Å²) in [6, 6.07) is 0. The van der Waals surface area contributed by atoms with E-state index in [2.05, 4.69) is 20.8 Å². The summed E-state index contributed by atoms with van der Waals surface area (Å²) >= 11 is 3.81. The molecule has 0 aromatic carbocycles. The van der Waals surface area contributed by atoms with E-state index in [4.69, 9.17) is 26.8 Å². The molecule has 0 aromatic rings. The quantitative estimate of drug-likeness (QED) is 0.0251.